The lowest BCUT2D eigenvalue weighted by Gasteiger charge is -2.20. The van der Waals surface area contributed by atoms with Crippen molar-refractivity contribution in [3.63, 3.8) is 0 Å². The lowest BCUT2D eigenvalue weighted by molar-refractivity contribution is -0.148. The Hall–Kier alpha value is -0.650. The van der Waals surface area contributed by atoms with Crippen molar-refractivity contribution in [3.05, 3.63) is 0 Å². The first-order valence-corrected chi connectivity index (χ1v) is 7.38. The van der Waals surface area contributed by atoms with E-state index in [1.165, 1.54) is 32.5 Å². The third kappa shape index (κ3) is 8.18. The number of esters is 1. The van der Waals surface area contributed by atoms with E-state index in [1.54, 1.807) is 6.92 Å². The third-order valence-corrected chi connectivity index (χ3v) is 3.21. The van der Waals surface area contributed by atoms with E-state index in [9.17, 15) is 4.79 Å². The molecule has 0 radical (unpaired) electrons. The van der Waals surface area contributed by atoms with Gasteiger partial charge in [-0.3, -0.25) is 0 Å². The molecular formula is C14H28N2O3. The van der Waals surface area contributed by atoms with Crippen LogP contribution in [0.4, 0.5) is 0 Å². The van der Waals surface area contributed by atoms with Gasteiger partial charge in [0.2, 0.25) is 0 Å². The van der Waals surface area contributed by atoms with Crippen LogP contribution >= 0.6 is 0 Å². The van der Waals surface area contributed by atoms with E-state index in [1.807, 2.05) is 0 Å². The summed E-state index contributed by atoms with van der Waals surface area (Å²) in [5.41, 5.74) is 0. The Morgan fingerprint density at radius 2 is 2.11 bits per heavy atom. The molecule has 1 aliphatic heterocycles. The molecule has 0 bridgehead atoms. The van der Waals surface area contributed by atoms with Gasteiger partial charge in [0.1, 0.15) is 6.61 Å². The molecule has 0 aromatic rings. The predicted molar refractivity (Wildman–Crippen MR) is 75.2 cm³/mol. The molecule has 1 rings (SSSR count). The van der Waals surface area contributed by atoms with E-state index in [2.05, 4.69) is 17.1 Å². The second-order valence-electron chi connectivity index (χ2n) is 5.17. The number of carbonyl (C=O) groups excluding carboxylic acids is 1. The van der Waals surface area contributed by atoms with Crippen LogP contribution in [0.15, 0.2) is 0 Å². The molecule has 0 amide bonds. The van der Waals surface area contributed by atoms with Gasteiger partial charge in [-0.15, -0.1) is 0 Å². The molecule has 0 aromatic carbocycles. The Balaban J connectivity index is 1.88. The molecule has 0 aliphatic carbocycles. The van der Waals surface area contributed by atoms with Gasteiger partial charge in [0.25, 0.3) is 0 Å². The van der Waals surface area contributed by atoms with Gasteiger partial charge in [-0.25, -0.2) is 4.79 Å². The van der Waals surface area contributed by atoms with E-state index >= 15 is 0 Å². The second-order valence-corrected chi connectivity index (χ2v) is 5.17. The molecule has 0 spiro atoms. The van der Waals surface area contributed by atoms with Crippen LogP contribution in [0, 0.1) is 5.92 Å². The average molecular weight is 272 g/mol. The largest absolute Gasteiger partial charge is 0.464 e. The van der Waals surface area contributed by atoms with Crippen LogP contribution in [0.1, 0.15) is 26.7 Å². The zero-order chi connectivity index (χ0) is 13.9. The number of likely N-dealkylation sites (tertiary alicyclic amines) is 1. The Labute approximate surface area is 116 Å². The zero-order valence-electron chi connectivity index (χ0n) is 12.3. The Bertz CT molecular complexity index is 243. The quantitative estimate of drug-likeness (QED) is 0.473. The van der Waals surface area contributed by atoms with Gasteiger partial charge in [-0.2, -0.15) is 0 Å². The SMILES string of the molecule is CCOC(=O)COCCNCC(C)CN1CCCC1. The van der Waals surface area contributed by atoms with Crippen molar-refractivity contribution in [3.8, 4) is 0 Å². The molecule has 1 aliphatic rings. The first-order chi connectivity index (χ1) is 9.22. The summed E-state index contributed by atoms with van der Waals surface area (Å²) in [6.45, 7) is 10.5. The Kier molecular flexibility index (Phi) is 8.79. The van der Waals surface area contributed by atoms with Crippen molar-refractivity contribution >= 4 is 5.97 Å². The highest BCUT2D eigenvalue weighted by Crippen LogP contribution is 2.09. The highest BCUT2D eigenvalue weighted by molar-refractivity contribution is 5.70. The molecule has 1 saturated heterocycles. The fraction of sp³-hybridized carbons (Fsp3) is 0.929. The summed E-state index contributed by atoms with van der Waals surface area (Å²) in [5.74, 6) is 0.369. The topological polar surface area (TPSA) is 50.8 Å². The summed E-state index contributed by atoms with van der Waals surface area (Å²) in [6.07, 6.45) is 2.70. The molecule has 1 atom stereocenters. The fourth-order valence-corrected chi connectivity index (χ4v) is 2.32. The average Bonchev–Trinajstić information content (AvgIpc) is 2.86. The van der Waals surface area contributed by atoms with E-state index in [0.29, 0.717) is 19.1 Å². The maximum Gasteiger partial charge on any atom is 0.332 e. The van der Waals surface area contributed by atoms with Crippen LogP contribution in [-0.4, -0.2) is 63.4 Å². The molecule has 1 N–H and O–H groups in total. The molecular weight excluding hydrogens is 244 g/mol. The highest BCUT2D eigenvalue weighted by Gasteiger charge is 2.14. The van der Waals surface area contributed by atoms with Crippen LogP contribution in [0.2, 0.25) is 0 Å². The zero-order valence-corrected chi connectivity index (χ0v) is 12.3. The fourth-order valence-electron chi connectivity index (χ4n) is 2.32. The Morgan fingerprint density at radius 1 is 1.37 bits per heavy atom. The van der Waals surface area contributed by atoms with Crippen molar-refractivity contribution in [2.24, 2.45) is 5.92 Å². The number of ether oxygens (including phenoxy) is 2. The normalized spacial score (nSPS) is 17.6. The van der Waals surface area contributed by atoms with E-state index in [-0.39, 0.29) is 12.6 Å². The molecule has 1 unspecified atom stereocenters. The van der Waals surface area contributed by atoms with E-state index in [0.717, 1.165) is 13.1 Å². The third-order valence-electron chi connectivity index (χ3n) is 3.21. The predicted octanol–water partition coefficient (Wildman–Crippen LogP) is 0.888. The van der Waals surface area contributed by atoms with Gasteiger partial charge in [-0.1, -0.05) is 6.92 Å². The number of nitrogens with one attached hydrogen (secondary N) is 1. The van der Waals surface area contributed by atoms with Crippen LogP contribution in [0.5, 0.6) is 0 Å². The van der Waals surface area contributed by atoms with Crippen LogP contribution in [0.25, 0.3) is 0 Å². The van der Waals surface area contributed by atoms with Crippen molar-refractivity contribution in [1.82, 2.24) is 10.2 Å². The van der Waals surface area contributed by atoms with Crippen LogP contribution < -0.4 is 5.32 Å². The lowest BCUT2D eigenvalue weighted by Crippen LogP contribution is -2.33. The summed E-state index contributed by atoms with van der Waals surface area (Å²) in [4.78, 5) is 13.5. The van der Waals surface area contributed by atoms with Gasteiger partial charge in [-0.05, 0) is 45.3 Å². The van der Waals surface area contributed by atoms with Gasteiger partial charge < -0.3 is 19.7 Å². The van der Waals surface area contributed by atoms with E-state index in [4.69, 9.17) is 9.47 Å². The summed E-state index contributed by atoms with van der Waals surface area (Å²) >= 11 is 0. The number of rotatable bonds is 10. The first-order valence-electron chi connectivity index (χ1n) is 7.38. The smallest absolute Gasteiger partial charge is 0.332 e. The van der Waals surface area contributed by atoms with Crippen LogP contribution in [-0.2, 0) is 14.3 Å². The lowest BCUT2D eigenvalue weighted by atomic mass is 10.1. The number of nitrogens with zero attached hydrogens (tertiary/aromatic N) is 1. The Morgan fingerprint density at radius 3 is 2.79 bits per heavy atom. The molecule has 0 saturated carbocycles. The monoisotopic (exact) mass is 272 g/mol. The molecule has 0 aromatic heterocycles. The summed E-state index contributed by atoms with van der Waals surface area (Å²) in [5, 5.41) is 3.36. The maximum absolute atomic E-state index is 11.0. The van der Waals surface area contributed by atoms with Crippen molar-refractivity contribution in [2.45, 2.75) is 26.7 Å². The van der Waals surface area contributed by atoms with Crippen LogP contribution in [0.3, 0.4) is 0 Å². The first kappa shape index (κ1) is 16.4. The second kappa shape index (κ2) is 10.2. The van der Waals surface area contributed by atoms with Gasteiger partial charge in [0, 0.05) is 13.1 Å². The summed E-state index contributed by atoms with van der Waals surface area (Å²) < 4.78 is 9.99. The van der Waals surface area contributed by atoms with Gasteiger partial charge in [0.15, 0.2) is 0 Å². The van der Waals surface area contributed by atoms with Crippen molar-refractivity contribution < 1.29 is 14.3 Å². The number of hydrogen-bond acceptors (Lipinski definition) is 5. The van der Waals surface area contributed by atoms with E-state index < -0.39 is 0 Å². The number of hydrogen-bond donors (Lipinski definition) is 1. The molecule has 19 heavy (non-hydrogen) atoms. The number of carbonyl (C=O) groups is 1. The minimum atomic E-state index is -0.287. The van der Waals surface area contributed by atoms with Gasteiger partial charge >= 0.3 is 5.97 Å². The van der Waals surface area contributed by atoms with Gasteiger partial charge in [0.05, 0.1) is 13.2 Å². The van der Waals surface area contributed by atoms with Crippen molar-refractivity contribution in [1.29, 1.82) is 0 Å². The molecule has 5 nitrogen and oxygen atoms in total. The summed E-state index contributed by atoms with van der Waals surface area (Å²) in [6, 6.07) is 0. The maximum atomic E-state index is 11.0. The minimum absolute atomic E-state index is 0.0544. The molecule has 1 heterocycles. The molecule has 1 fully saturated rings. The minimum Gasteiger partial charge on any atom is -0.464 e. The van der Waals surface area contributed by atoms with Crippen molar-refractivity contribution in [2.75, 3.05) is 52.5 Å². The molecule has 5 heteroatoms. The summed E-state index contributed by atoms with van der Waals surface area (Å²) in [7, 11) is 0. The molecule has 112 valence electrons. The standard InChI is InChI=1S/C14H28N2O3/c1-3-19-14(17)12-18-9-6-15-10-13(2)11-16-7-4-5-8-16/h13,15H,3-12H2,1-2H3. The highest BCUT2D eigenvalue weighted by atomic mass is 16.6.